The van der Waals surface area contributed by atoms with Gasteiger partial charge >= 0.3 is 0 Å². The number of rotatable bonds is 6. The molecular weight excluding hydrogens is 284 g/mol. The maximum atomic E-state index is 12.0. The van der Waals surface area contributed by atoms with Gasteiger partial charge in [0.2, 0.25) is 11.8 Å². The van der Waals surface area contributed by atoms with Crippen LogP contribution in [0.25, 0.3) is 0 Å². The number of nitrogens with zero attached hydrogens (tertiary/aromatic N) is 4. The first-order valence-electron chi connectivity index (χ1n) is 7.63. The molecule has 0 N–H and O–H groups in total. The maximum absolute atomic E-state index is 12.0. The Morgan fingerprint density at radius 1 is 1.41 bits per heavy atom. The zero-order valence-corrected chi connectivity index (χ0v) is 13.5. The van der Waals surface area contributed by atoms with Gasteiger partial charge in [-0.25, -0.2) is 0 Å². The SMILES string of the molecule is CCOCC(=O)N1CCCC(Oc2ccc(N(C)C)nn2)C1. The zero-order valence-electron chi connectivity index (χ0n) is 13.5. The molecule has 7 heteroatoms. The third kappa shape index (κ3) is 4.56. The summed E-state index contributed by atoms with van der Waals surface area (Å²) in [6.07, 6.45) is 1.79. The second-order valence-corrected chi connectivity index (χ2v) is 5.48. The fourth-order valence-corrected chi connectivity index (χ4v) is 2.33. The van der Waals surface area contributed by atoms with Crippen LogP contribution in [0.1, 0.15) is 19.8 Å². The predicted molar refractivity (Wildman–Crippen MR) is 83.1 cm³/mol. The molecule has 22 heavy (non-hydrogen) atoms. The average Bonchev–Trinajstić information content (AvgIpc) is 2.53. The third-order valence-corrected chi connectivity index (χ3v) is 3.53. The van der Waals surface area contributed by atoms with E-state index < -0.39 is 0 Å². The first-order valence-corrected chi connectivity index (χ1v) is 7.63. The quantitative estimate of drug-likeness (QED) is 0.779. The number of hydrogen-bond donors (Lipinski definition) is 0. The molecule has 1 aliphatic heterocycles. The van der Waals surface area contributed by atoms with Gasteiger partial charge in [-0.1, -0.05) is 0 Å². The van der Waals surface area contributed by atoms with Crippen LogP contribution in [0.5, 0.6) is 5.88 Å². The number of piperidine rings is 1. The van der Waals surface area contributed by atoms with Crippen molar-refractivity contribution >= 4 is 11.7 Å². The van der Waals surface area contributed by atoms with Crippen molar-refractivity contribution in [3.05, 3.63) is 12.1 Å². The molecule has 1 fully saturated rings. The summed E-state index contributed by atoms with van der Waals surface area (Å²) in [5.41, 5.74) is 0. The van der Waals surface area contributed by atoms with Gasteiger partial charge in [0.05, 0.1) is 6.54 Å². The number of likely N-dealkylation sites (tertiary alicyclic amines) is 1. The van der Waals surface area contributed by atoms with E-state index in [2.05, 4.69) is 10.2 Å². The van der Waals surface area contributed by atoms with Gasteiger partial charge in [0.15, 0.2) is 5.82 Å². The van der Waals surface area contributed by atoms with Crippen molar-refractivity contribution in [3.63, 3.8) is 0 Å². The van der Waals surface area contributed by atoms with E-state index in [9.17, 15) is 4.79 Å². The number of hydrogen-bond acceptors (Lipinski definition) is 6. The molecular formula is C15H24N4O3. The van der Waals surface area contributed by atoms with Crippen LogP contribution in [0.15, 0.2) is 12.1 Å². The Bertz CT molecular complexity index is 478. The number of carbonyl (C=O) groups is 1. The lowest BCUT2D eigenvalue weighted by Gasteiger charge is -2.32. The van der Waals surface area contributed by atoms with Gasteiger partial charge in [-0.15, -0.1) is 10.2 Å². The lowest BCUT2D eigenvalue weighted by molar-refractivity contribution is -0.138. The summed E-state index contributed by atoms with van der Waals surface area (Å²) in [6, 6.07) is 3.67. The summed E-state index contributed by atoms with van der Waals surface area (Å²) >= 11 is 0. The maximum Gasteiger partial charge on any atom is 0.248 e. The van der Waals surface area contributed by atoms with Crippen molar-refractivity contribution in [2.75, 3.05) is 45.3 Å². The van der Waals surface area contributed by atoms with E-state index in [1.54, 1.807) is 4.90 Å². The summed E-state index contributed by atoms with van der Waals surface area (Å²) in [5.74, 6) is 1.29. The minimum Gasteiger partial charge on any atom is -0.471 e. The number of amides is 1. The first-order chi connectivity index (χ1) is 10.6. The van der Waals surface area contributed by atoms with Crippen molar-refractivity contribution in [2.45, 2.75) is 25.9 Å². The normalized spacial score (nSPS) is 18.1. The molecule has 1 aromatic heterocycles. The molecule has 1 amide bonds. The molecule has 0 radical (unpaired) electrons. The molecule has 0 saturated carbocycles. The second-order valence-electron chi connectivity index (χ2n) is 5.48. The molecule has 2 heterocycles. The van der Waals surface area contributed by atoms with Gasteiger partial charge in [0.1, 0.15) is 12.7 Å². The summed E-state index contributed by atoms with van der Waals surface area (Å²) in [6.45, 7) is 3.90. The fourth-order valence-electron chi connectivity index (χ4n) is 2.33. The Hall–Kier alpha value is -1.89. The molecule has 122 valence electrons. The molecule has 1 aromatic rings. The minimum absolute atomic E-state index is 0.0178. The number of aromatic nitrogens is 2. The Morgan fingerprint density at radius 2 is 2.23 bits per heavy atom. The van der Waals surface area contributed by atoms with Crippen LogP contribution >= 0.6 is 0 Å². The molecule has 2 rings (SSSR count). The standard InChI is InChI=1S/C15H24N4O3/c1-4-21-11-15(20)19-9-5-6-12(10-19)22-14-8-7-13(16-17-14)18(2)3/h7-8,12H,4-6,9-11H2,1-3H3. The van der Waals surface area contributed by atoms with Gasteiger partial charge in [-0.05, 0) is 25.8 Å². The Labute approximate surface area is 131 Å². The lowest BCUT2D eigenvalue weighted by Crippen LogP contribution is -2.45. The van der Waals surface area contributed by atoms with E-state index in [0.29, 0.717) is 19.0 Å². The fraction of sp³-hybridized carbons (Fsp3) is 0.667. The molecule has 1 saturated heterocycles. The highest BCUT2D eigenvalue weighted by molar-refractivity contribution is 5.77. The number of ether oxygens (including phenoxy) is 2. The van der Waals surface area contributed by atoms with Crippen LogP contribution in [0.3, 0.4) is 0 Å². The van der Waals surface area contributed by atoms with Gasteiger partial charge in [0, 0.05) is 33.3 Å². The van der Waals surface area contributed by atoms with E-state index in [4.69, 9.17) is 9.47 Å². The van der Waals surface area contributed by atoms with Crippen molar-refractivity contribution in [3.8, 4) is 5.88 Å². The van der Waals surface area contributed by atoms with Gasteiger partial charge in [-0.3, -0.25) is 4.79 Å². The first kappa shape index (κ1) is 16.5. The topological polar surface area (TPSA) is 67.8 Å². The van der Waals surface area contributed by atoms with Gasteiger partial charge in [-0.2, -0.15) is 0 Å². The molecule has 0 aliphatic carbocycles. The van der Waals surface area contributed by atoms with Crippen molar-refractivity contribution in [1.82, 2.24) is 15.1 Å². The monoisotopic (exact) mass is 308 g/mol. The molecule has 7 nitrogen and oxygen atoms in total. The molecule has 1 atom stereocenters. The molecule has 0 spiro atoms. The lowest BCUT2D eigenvalue weighted by atomic mass is 10.1. The largest absolute Gasteiger partial charge is 0.471 e. The molecule has 1 aliphatic rings. The summed E-state index contributed by atoms with van der Waals surface area (Å²) in [4.78, 5) is 15.7. The average molecular weight is 308 g/mol. The van der Waals surface area contributed by atoms with Crippen molar-refractivity contribution in [1.29, 1.82) is 0 Å². The van der Waals surface area contributed by atoms with Crippen LogP contribution in [-0.4, -0.2) is 67.5 Å². The van der Waals surface area contributed by atoms with Gasteiger partial charge < -0.3 is 19.3 Å². The van der Waals surface area contributed by atoms with Crippen LogP contribution < -0.4 is 9.64 Å². The van der Waals surface area contributed by atoms with Crippen molar-refractivity contribution < 1.29 is 14.3 Å². The van der Waals surface area contributed by atoms with Crippen LogP contribution in [0, 0.1) is 0 Å². The van der Waals surface area contributed by atoms with E-state index in [0.717, 1.165) is 25.2 Å². The summed E-state index contributed by atoms with van der Waals surface area (Å²) < 4.78 is 11.0. The summed E-state index contributed by atoms with van der Waals surface area (Å²) in [7, 11) is 3.82. The van der Waals surface area contributed by atoms with Crippen molar-refractivity contribution in [2.24, 2.45) is 0 Å². The van der Waals surface area contributed by atoms with E-state index in [1.165, 1.54) is 0 Å². The Morgan fingerprint density at radius 3 is 2.86 bits per heavy atom. The highest BCUT2D eigenvalue weighted by Gasteiger charge is 2.25. The van der Waals surface area contributed by atoms with Crippen LogP contribution in [0.2, 0.25) is 0 Å². The molecule has 1 unspecified atom stereocenters. The Balaban J connectivity index is 1.88. The Kier molecular flexibility index (Phi) is 5.94. The highest BCUT2D eigenvalue weighted by Crippen LogP contribution is 2.17. The number of anilines is 1. The number of carbonyl (C=O) groups excluding carboxylic acids is 1. The van der Waals surface area contributed by atoms with Gasteiger partial charge in [0.25, 0.3) is 0 Å². The minimum atomic E-state index is -0.0427. The summed E-state index contributed by atoms with van der Waals surface area (Å²) in [5, 5.41) is 8.16. The van der Waals surface area contributed by atoms with Crippen LogP contribution in [-0.2, 0) is 9.53 Å². The van der Waals surface area contributed by atoms with Crippen LogP contribution in [0.4, 0.5) is 5.82 Å². The second kappa shape index (κ2) is 7.93. The predicted octanol–water partition coefficient (Wildman–Crippen LogP) is 0.949. The van der Waals surface area contributed by atoms with E-state index in [1.807, 2.05) is 38.1 Å². The smallest absolute Gasteiger partial charge is 0.248 e. The molecule has 0 aromatic carbocycles. The third-order valence-electron chi connectivity index (χ3n) is 3.53. The zero-order chi connectivity index (χ0) is 15.9. The molecule has 0 bridgehead atoms. The van der Waals surface area contributed by atoms with E-state index in [-0.39, 0.29) is 18.6 Å². The highest BCUT2D eigenvalue weighted by atomic mass is 16.5. The van der Waals surface area contributed by atoms with E-state index >= 15 is 0 Å².